The van der Waals surface area contributed by atoms with Gasteiger partial charge >= 0.3 is 0 Å². The Bertz CT molecular complexity index is 1140. The number of nitrogens with one attached hydrogen (secondary N) is 1. The van der Waals surface area contributed by atoms with E-state index in [9.17, 15) is 18.0 Å². The first-order valence-electron chi connectivity index (χ1n) is 10.8. The molecule has 0 bridgehead atoms. The maximum Gasteiger partial charge on any atom is 0.251 e. The lowest BCUT2D eigenvalue weighted by Crippen LogP contribution is -2.38. The Morgan fingerprint density at radius 2 is 1.75 bits per heavy atom. The predicted octanol–water partition coefficient (Wildman–Crippen LogP) is 1.45. The van der Waals surface area contributed by atoms with Crippen molar-refractivity contribution in [1.82, 2.24) is 5.32 Å². The SMILES string of the molecule is NC(=O)C1CCN(c2ccc(CNC(=O)c3cc4c(c(S(N)(=O)=O)c3)CCC4)cc2)CC1. The number of primary amides is 1. The third-order valence-corrected chi connectivity index (χ3v) is 7.37. The quantitative estimate of drug-likeness (QED) is 0.605. The van der Waals surface area contributed by atoms with E-state index in [0.29, 0.717) is 18.5 Å². The number of carbonyl (C=O) groups is 2. The van der Waals surface area contributed by atoms with E-state index >= 15 is 0 Å². The van der Waals surface area contributed by atoms with Gasteiger partial charge in [-0.3, -0.25) is 9.59 Å². The number of amides is 2. The van der Waals surface area contributed by atoms with E-state index < -0.39 is 10.0 Å². The van der Waals surface area contributed by atoms with E-state index in [4.69, 9.17) is 10.9 Å². The molecule has 1 heterocycles. The number of benzene rings is 2. The number of sulfonamides is 1. The van der Waals surface area contributed by atoms with Crippen LogP contribution in [0.3, 0.4) is 0 Å². The number of fused-ring (bicyclic) bond motifs is 1. The summed E-state index contributed by atoms with van der Waals surface area (Å²) in [6, 6.07) is 11.1. The Morgan fingerprint density at radius 1 is 1.06 bits per heavy atom. The summed E-state index contributed by atoms with van der Waals surface area (Å²) in [5.74, 6) is -0.604. The van der Waals surface area contributed by atoms with Crippen molar-refractivity contribution >= 4 is 27.5 Å². The summed E-state index contributed by atoms with van der Waals surface area (Å²) < 4.78 is 24.0. The molecule has 1 saturated heterocycles. The zero-order valence-corrected chi connectivity index (χ0v) is 18.7. The minimum Gasteiger partial charge on any atom is -0.371 e. The maximum atomic E-state index is 12.7. The van der Waals surface area contributed by atoms with Gasteiger partial charge in [-0.25, -0.2) is 13.6 Å². The van der Waals surface area contributed by atoms with Gasteiger partial charge < -0.3 is 16.0 Å². The van der Waals surface area contributed by atoms with Crippen LogP contribution in [0.25, 0.3) is 0 Å². The summed E-state index contributed by atoms with van der Waals surface area (Å²) in [5.41, 5.74) is 9.33. The van der Waals surface area contributed by atoms with Gasteiger partial charge in [0.1, 0.15) is 0 Å². The molecule has 0 radical (unpaired) electrons. The van der Waals surface area contributed by atoms with Crippen LogP contribution in [0.1, 0.15) is 46.3 Å². The fourth-order valence-corrected chi connectivity index (χ4v) is 5.45. The maximum absolute atomic E-state index is 12.7. The number of carbonyl (C=O) groups excluding carboxylic acids is 2. The van der Waals surface area contributed by atoms with Crippen LogP contribution in [0.15, 0.2) is 41.3 Å². The molecule has 5 N–H and O–H groups in total. The molecule has 9 heteroatoms. The molecule has 2 aromatic rings. The molecule has 4 rings (SSSR count). The van der Waals surface area contributed by atoms with Gasteiger partial charge in [0, 0.05) is 36.8 Å². The van der Waals surface area contributed by atoms with Gasteiger partial charge in [0.2, 0.25) is 15.9 Å². The average Bonchev–Trinajstić information content (AvgIpc) is 3.25. The van der Waals surface area contributed by atoms with Crippen LogP contribution < -0.4 is 21.1 Å². The highest BCUT2D eigenvalue weighted by Gasteiger charge is 2.25. The lowest BCUT2D eigenvalue weighted by molar-refractivity contribution is -0.122. The van der Waals surface area contributed by atoms with Crippen LogP contribution >= 0.6 is 0 Å². The van der Waals surface area contributed by atoms with Gasteiger partial charge in [0.25, 0.3) is 5.91 Å². The van der Waals surface area contributed by atoms with Crippen molar-refractivity contribution in [1.29, 1.82) is 0 Å². The summed E-state index contributed by atoms with van der Waals surface area (Å²) in [4.78, 5) is 26.3. The lowest BCUT2D eigenvalue weighted by Gasteiger charge is -2.32. The van der Waals surface area contributed by atoms with Gasteiger partial charge in [-0.2, -0.15) is 0 Å². The minimum absolute atomic E-state index is 0.0465. The van der Waals surface area contributed by atoms with E-state index in [1.54, 1.807) is 6.07 Å². The van der Waals surface area contributed by atoms with Crippen molar-refractivity contribution in [2.24, 2.45) is 16.8 Å². The van der Waals surface area contributed by atoms with Crippen LogP contribution in [-0.2, 0) is 34.2 Å². The molecule has 2 aliphatic rings. The number of hydrogen-bond acceptors (Lipinski definition) is 5. The molecule has 2 aromatic carbocycles. The molecule has 0 atom stereocenters. The summed E-state index contributed by atoms with van der Waals surface area (Å²) in [6.07, 6.45) is 3.78. The fraction of sp³-hybridized carbons (Fsp3) is 0.391. The highest BCUT2D eigenvalue weighted by molar-refractivity contribution is 7.89. The fourth-order valence-electron chi connectivity index (χ4n) is 4.58. The Morgan fingerprint density at radius 3 is 2.38 bits per heavy atom. The van der Waals surface area contributed by atoms with Crippen LogP contribution in [0, 0.1) is 5.92 Å². The summed E-state index contributed by atoms with van der Waals surface area (Å²) in [7, 11) is -3.89. The molecule has 1 aliphatic carbocycles. The summed E-state index contributed by atoms with van der Waals surface area (Å²) in [6.45, 7) is 1.90. The molecule has 170 valence electrons. The zero-order chi connectivity index (χ0) is 22.9. The summed E-state index contributed by atoms with van der Waals surface area (Å²) in [5, 5.41) is 8.24. The topological polar surface area (TPSA) is 136 Å². The van der Waals surface area contributed by atoms with Crippen LogP contribution in [-0.4, -0.2) is 33.3 Å². The molecule has 32 heavy (non-hydrogen) atoms. The molecule has 0 unspecified atom stereocenters. The highest BCUT2D eigenvalue weighted by atomic mass is 32.2. The second-order valence-corrected chi connectivity index (χ2v) is 10.1. The first-order valence-corrected chi connectivity index (χ1v) is 12.4. The van der Waals surface area contributed by atoms with Crippen LogP contribution in [0.4, 0.5) is 5.69 Å². The molecule has 2 amide bonds. The van der Waals surface area contributed by atoms with Gasteiger partial charge in [-0.05, 0) is 73.1 Å². The Labute approximate surface area is 188 Å². The largest absolute Gasteiger partial charge is 0.371 e. The van der Waals surface area contributed by atoms with Crippen molar-refractivity contribution in [3.63, 3.8) is 0 Å². The van der Waals surface area contributed by atoms with E-state index in [2.05, 4.69) is 10.2 Å². The van der Waals surface area contributed by atoms with Gasteiger partial charge in [0.15, 0.2) is 0 Å². The molecule has 0 saturated carbocycles. The number of anilines is 1. The van der Waals surface area contributed by atoms with Crippen LogP contribution in [0.2, 0.25) is 0 Å². The first-order chi connectivity index (χ1) is 15.2. The Hall–Kier alpha value is -2.91. The number of hydrogen-bond donors (Lipinski definition) is 3. The Balaban J connectivity index is 1.39. The smallest absolute Gasteiger partial charge is 0.251 e. The molecular weight excluding hydrogens is 428 g/mol. The minimum atomic E-state index is -3.89. The standard InChI is InChI=1S/C23H28N4O4S/c24-22(28)16-8-10-27(11-9-16)19-6-4-15(5-7-19)14-26-23(29)18-12-17-2-1-3-20(17)21(13-18)32(25,30)31/h4-7,12-13,16H,1-3,8-11,14H2,(H2,24,28)(H,26,29)(H2,25,30,31). The molecule has 0 spiro atoms. The van der Waals surface area contributed by atoms with Crippen molar-refractivity contribution < 1.29 is 18.0 Å². The van der Waals surface area contributed by atoms with Gasteiger partial charge in [-0.1, -0.05) is 12.1 Å². The number of aryl methyl sites for hydroxylation is 1. The molecule has 0 aromatic heterocycles. The van der Waals surface area contributed by atoms with Crippen molar-refractivity contribution in [3.8, 4) is 0 Å². The number of rotatable bonds is 6. The second-order valence-electron chi connectivity index (χ2n) is 8.52. The van der Waals surface area contributed by atoms with E-state index in [-0.39, 0.29) is 22.6 Å². The second kappa shape index (κ2) is 8.91. The zero-order valence-electron chi connectivity index (χ0n) is 17.8. The summed E-state index contributed by atoms with van der Waals surface area (Å²) >= 11 is 0. The number of primary sulfonamides is 1. The highest BCUT2D eigenvalue weighted by Crippen LogP contribution is 2.29. The van der Waals surface area contributed by atoms with E-state index in [1.165, 1.54) is 6.07 Å². The van der Waals surface area contributed by atoms with Crippen LogP contribution in [0.5, 0.6) is 0 Å². The Kier molecular flexibility index (Phi) is 6.21. The van der Waals surface area contributed by atoms with Gasteiger partial charge in [0.05, 0.1) is 4.90 Å². The monoisotopic (exact) mass is 456 g/mol. The van der Waals surface area contributed by atoms with E-state index in [1.807, 2.05) is 24.3 Å². The van der Waals surface area contributed by atoms with Gasteiger partial charge in [-0.15, -0.1) is 0 Å². The third kappa shape index (κ3) is 4.78. The number of nitrogens with two attached hydrogens (primary N) is 2. The average molecular weight is 457 g/mol. The third-order valence-electron chi connectivity index (χ3n) is 6.39. The molecule has 1 aliphatic heterocycles. The number of nitrogens with zero attached hydrogens (tertiary/aromatic N) is 1. The molecular formula is C23H28N4O4S. The van der Waals surface area contributed by atoms with Crippen molar-refractivity contribution in [3.05, 3.63) is 58.7 Å². The first kappa shape index (κ1) is 22.3. The lowest BCUT2D eigenvalue weighted by atomic mass is 9.96. The van der Waals surface area contributed by atoms with Crippen molar-refractivity contribution in [2.45, 2.75) is 43.5 Å². The van der Waals surface area contributed by atoms with E-state index in [0.717, 1.165) is 61.2 Å². The van der Waals surface area contributed by atoms with Crippen molar-refractivity contribution in [2.75, 3.05) is 18.0 Å². The number of piperidine rings is 1. The molecule has 8 nitrogen and oxygen atoms in total. The predicted molar refractivity (Wildman–Crippen MR) is 122 cm³/mol. The molecule has 1 fully saturated rings. The normalized spacial score (nSPS) is 16.6.